The first kappa shape index (κ1) is 15.6. The van der Waals surface area contributed by atoms with Crippen LogP contribution in [0.5, 0.6) is 0 Å². The van der Waals surface area contributed by atoms with Gasteiger partial charge in [-0.15, -0.1) is 18.8 Å². The monoisotopic (exact) mass is 277 g/mol. The highest BCUT2D eigenvalue weighted by Crippen LogP contribution is 2.20. The predicted molar refractivity (Wildman–Crippen MR) is 82.7 cm³/mol. The van der Waals surface area contributed by atoms with Crippen LogP contribution >= 0.6 is 12.4 Å². The van der Waals surface area contributed by atoms with Crippen LogP contribution < -0.4 is 5.32 Å². The minimum atomic E-state index is 0. The second kappa shape index (κ2) is 7.89. The van der Waals surface area contributed by atoms with E-state index in [4.69, 9.17) is 10.8 Å². The van der Waals surface area contributed by atoms with E-state index >= 15 is 0 Å². The number of benzene rings is 1. The predicted octanol–water partition coefficient (Wildman–Crippen LogP) is 3.79. The van der Waals surface area contributed by atoms with Crippen LogP contribution in [0, 0.1) is 12.3 Å². The fraction of sp³-hybridized carbons (Fsp3) is 0.375. The lowest BCUT2D eigenvalue weighted by molar-refractivity contribution is 0.447. The molecule has 2 nitrogen and oxygen atoms in total. The van der Waals surface area contributed by atoms with Crippen LogP contribution in [0.2, 0.25) is 0 Å². The Bertz CT molecular complexity index is 508. The molecule has 0 aliphatic heterocycles. The Hall–Kier alpha value is -1.43. The molecule has 0 radical (unpaired) electrons. The third-order valence-electron chi connectivity index (χ3n) is 3.05. The molecule has 1 aromatic carbocycles. The fourth-order valence-corrected chi connectivity index (χ4v) is 2.21. The molecule has 0 amide bonds. The summed E-state index contributed by atoms with van der Waals surface area (Å²) in [6.45, 7) is 2.80. The Morgan fingerprint density at radius 3 is 2.84 bits per heavy atom. The second-order valence-corrected chi connectivity index (χ2v) is 4.53. The first-order chi connectivity index (χ1) is 8.83. The largest absolute Gasteiger partial charge is 0.461 e. The van der Waals surface area contributed by atoms with Crippen molar-refractivity contribution in [3.63, 3.8) is 0 Å². The number of rotatable bonds is 6. The summed E-state index contributed by atoms with van der Waals surface area (Å²) >= 11 is 0. The highest BCUT2D eigenvalue weighted by Gasteiger charge is 2.11. The maximum absolute atomic E-state index is 5.83. The van der Waals surface area contributed by atoms with Crippen LogP contribution in [0.1, 0.15) is 25.5 Å². The number of para-hydroxylation sites is 1. The van der Waals surface area contributed by atoms with Crippen molar-refractivity contribution in [1.82, 2.24) is 5.32 Å². The molecule has 102 valence electrons. The van der Waals surface area contributed by atoms with Crippen molar-refractivity contribution in [2.75, 3.05) is 6.54 Å². The summed E-state index contributed by atoms with van der Waals surface area (Å²) in [5.41, 5.74) is 0.958. The van der Waals surface area contributed by atoms with Crippen LogP contribution in [-0.2, 0) is 6.42 Å². The van der Waals surface area contributed by atoms with Crippen molar-refractivity contribution < 1.29 is 4.42 Å². The smallest absolute Gasteiger partial charge is 0.134 e. The Labute approximate surface area is 121 Å². The summed E-state index contributed by atoms with van der Waals surface area (Å²) in [6, 6.07) is 10.6. The summed E-state index contributed by atoms with van der Waals surface area (Å²) in [5, 5.41) is 4.53. The van der Waals surface area contributed by atoms with E-state index < -0.39 is 0 Å². The molecule has 0 aliphatic rings. The van der Waals surface area contributed by atoms with E-state index in [0.29, 0.717) is 12.6 Å². The van der Waals surface area contributed by atoms with Crippen LogP contribution in [0.15, 0.2) is 34.7 Å². The molecule has 0 aliphatic carbocycles. The van der Waals surface area contributed by atoms with E-state index in [1.165, 1.54) is 5.39 Å². The van der Waals surface area contributed by atoms with Gasteiger partial charge in [-0.1, -0.05) is 37.5 Å². The number of halogens is 1. The summed E-state index contributed by atoms with van der Waals surface area (Å²) in [4.78, 5) is 0. The lowest BCUT2D eigenvalue weighted by Crippen LogP contribution is -2.31. The van der Waals surface area contributed by atoms with Crippen molar-refractivity contribution in [2.24, 2.45) is 0 Å². The summed E-state index contributed by atoms with van der Waals surface area (Å²) < 4.78 is 5.83. The molecule has 1 aromatic heterocycles. The van der Waals surface area contributed by atoms with Gasteiger partial charge in [0.1, 0.15) is 11.3 Å². The zero-order chi connectivity index (χ0) is 12.8. The quantitative estimate of drug-likeness (QED) is 0.813. The summed E-state index contributed by atoms with van der Waals surface area (Å²) in [5.74, 6) is 3.65. The molecule has 0 unspecified atom stereocenters. The van der Waals surface area contributed by atoms with Gasteiger partial charge >= 0.3 is 0 Å². The minimum absolute atomic E-state index is 0. The van der Waals surface area contributed by atoms with E-state index in [1.807, 2.05) is 18.2 Å². The van der Waals surface area contributed by atoms with Crippen LogP contribution in [0.25, 0.3) is 11.0 Å². The molecule has 1 N–H and O–H groups in total. The Balaban J connectivity index is 0.00000180. The number of fused-ring (bicyclic) bond motifs is 1. The van der Waals surface area contributed by atoms with Crippen molar-refractivity contribution in [2.45, 2.75) is 32.2 Å². The summed E-state index contributed by atoms with van der Waals surface area (Å²) in [7, 11) is 0. The van der Waals surface area contributed by atoms with Gasteiger partial charge in [0, 0.05) is 17.8 Å². The zero-order valence-electron chi connectivity index (χ0n) is 11.2. The number of nitrogens with one attached hydrogen (secondary N) is 1. The zero-order valence-corrected chi connectivity index (χ0v) is 12.0. The van der Waals surface area contributed by atoms with Gasteiger partial charge in [-0.3, -0.25) is 0 Å². The molecule has 0 fully saturated rings. The van der Waals surface area contributed by atoms with E-state index in [-0.39, 0.29) is 12.4 Å². The standard InChI is InChI=1S/C16H19NO.ClH/c1-3-7-14(17-10-4-2)12-15-11-13-8-5-6-9-16(13)18-15;/h2,5-6,8-9,11,14,17H,3,7,10,12H2,1H3;1H/t14-;/m0./s1. The number of terminal acetylenes is 1. The van der Waals surface area contributed by atoms with E-state index in [1.54, 1.807) is 0 Å². The highest BCUT2D eigenvalue weighted by atomic mass is 35.5. The van der Waals surface area contributed by atoms with Crippen molar-refractivity contribution >= 4 is 23.4 Å². The molecule has 19 heavy (non-hydrogen) atoms. The Kier molecular flexibility index (Phi) is 6.49. The Morgan fingerprint density at radius 2 is 2.16 bits per heavy atom. The average molecular weight is 278 g/mol. The molecular formula is C16H20ClNO. The van der Waals surface area contributed by atoms with Crippen molar-refractivity contribution in [3.8, 4) is 12.3 Å². The van der Waals surface area contributed by atoms with Gasteiger partial charge in [-0.05, 0) is 18.6 Å². The molecule has 0 spiro atoms. The molecule has 0 saturated heterocycles. The number of furan rings is 1. The molecule has 0 bridgehead atoms. The first-order valence-electron chi connectivity index (χ1n) is 6.47. The number of hydrogen-bond acceptors (Lipinski definition) is 2. The van der Waals surface area contributed by atoms with E-state index in [9.17, 15) is 0 Å². The van der Waals surface area contributed by atoms with E-state index in [2.05, 4.69) is 30.3 Å². The van der Waals surface area contributed by atoms with E-state index in [0.717, 1.165) is 30.6 Å². The molecule has 3 heteroatoms. The van der Waals surface area contributed by atoms with Gasteiger partial charge < -0.3 is 9.73 Å². The van der Waals surface area contributed by atoms with Gasteiger partial charge in [0.25, 0.3) is 0 Å². The van der Waals surface area contributed by atoms with Gasteiger partial charge in [-0.25, -0.2) is 0 Å². The fourth-order valence-electron chi connectivity index (χ4n) is 2.21. The number of hydrogen-bond donors (Lipinski definition) is 1. The maximum atomic E-state index is 5.83. The van der Waals surface area contributed by atoms with Gasteiger partial charge in [-0.2, -0.15) is 0 Å². The van der Waals surface area contributed by atoms with Gasteiger partial charge in [0.15, 0.2) is 0 Å². The topological polar surface area (TPSA) is 25.2 Å². The average Bonchev–Trinajstić information content (AvgIpc) is 2.78. The summed E-state index contributed by atoms with van der Waals surface area (Å²) in [6.07, 6.45) is 8.44. The molecular weight excluding hydrogens is 258 g/mol. The normalized spacial score (nSPS) is 11.8. The third-order valence-corrected chi connectivity index (χ3v) is 3.05. The SMILES string of the molecule is C#CCN[C@@H](CCC)Cc1cc2ccccc2o1.Cl. The van der Waals surface area contributed by atoms with Gasteiger partial charge in [0.2, 0.25) is 0 Å². The first-order valence-corrected chi connectivity index (χ1v) is 6.47. The molecule has 2 rings (SSSR count). The lowest BCUT2D eigenvalue weighted by Gasteiger charge is -2.14. The second-order valence-electron chi connectivity index (χ2n) is 4.53. The van der Waals surface area contributed by atoms with Crippen molar-refractivity contribution in [1.29, 1.82) is 0 Å². The molecule has 2 aromatic rings. The Morgan fingerprint density at radius 1 is 1.37 bits per heavy atom. The molecule has 1 atom stereocenters. The molecule has 0 saturated carbocycles. The van der Waals surface area contributed by atoms with Gasteiger partial charge in [0.05, 0.1) is 6.54 Å². The van der Waals surface area contributed by atoms with Crippen LogP contribution in [0.3, 0.4) is 0 Å². The van der Waals surface area contributed by atoms with Crippen LogP contribution in [-0.4, -0.2) is 12.6 Å². The minimum Gasteiger partial charge on any atom is -0.461 e. The maximum Gasteiger partial charge on any atom is 0.134 e. The van der Waals surface area contributed by atoms with Crippen molar-refractivity contribution in [3.05, 3.63) is 36.1 Å². The van der Waals surface area contributed by atoms with Crippen LogP contribution in [0.4, 0.5) is 0 Å². The lowest BCUT2D eigenvalue weighted by atomic mass is 10.1. The third kappa shape index (κ3) is 4.31. The highest BCUT2D eigenvalue weighted by molar-refractivity contribution is 5.85. The molecule has 1 heterocycles.